The Morgan fingerprint density at radius 3 is 2.55 bits per heavy atom. The van der Waals surface area contributed by atoms with Gasteiger partial charge in [0.15, 0.2) is 0 Å². The minimum absolute atomic E-state index is 0.177. The summed E-state index contributed by atoms with van der Waals surface area (Å²) in [6.07, 6.45) is 3.99. The van der Waals surface area contributed by atoms with Crippen molar-refractivity contribution >= 4 is 5.91 Å². The van der Waals surface area contributed by atoms with Crippen LogP contribution in [-0.4, -0.2) is 22.7 Å². The molecule has 0 spiro atoms. The Kier molecular flexibility index (Phi) is 5.11. The average molecular weight is 155 g/mol. The predicted molar refractivity (Wildman–Crippen MR) is 43.1 cm³/mol. The number of rotatable bonds is 5. The van der Waals surface area contributed by atoms with Crippen molar-refractivity contribution in [1.29, 1.82) is 0 Å². The number of hydrogen-bond acceptors (Lipinski definition) is 2. The van der Waals surface area contributed by atoms with Gasteiger partial charge in [0.25, 0.3) is 0 Å². The van der Waals surface area contributed by atoms with Crippen molar-refractivity contribution < 1.29 is 10.0 Å². The lowest BCUT2D eigenvalue weighted by molar-refractivity contribution is -0.162. The molecule has 0 radical (unpaired) electrons. The fourth-order valence-electron chi connectivity index (χ4n) is 0.579. The number of hydrogen-bond donors (Lipinski definition) is 1. The molecule has 0 atom stereocenters. The largest absolute Gasteiger partial charge is 0.286 e. The maximum atomic E-state index is 10.9. The summed E-state index contributed by atoms with van der Waals surface area (Å²) in [7, 11) is 0. The van der Waals surface area contributed by atoms with Crippen molar-refractivity contribution in [3.63, 3.8) is 0 Å². The highest BCUT2D eigenvalue weighted by Gasteiger charge is 2.06. The molecule has 0 aromatic heterocycles. The quantitative estimate of drug-likeness (QED) is 0.370. The monoisotopic (exact) mass is 155 g/mol. The Hall–Kier alpha value is -1.09. The van der Waals surface area contributed by atoms with E-state index in [2.05, 4.69) is 13.2 Å². The van der Waals surface area contributed by atoms with Gasteiger partial charge >= 0.3 is 0 Å². The molecule has 0 aromatic rings. The summed E-state index contributed by atoms with van der Waals surface area (Å²) in [6.45, 7) is 7.03. The zero-order chi connectivity index (χ0) is 8.69. The highest BCUT2D eigenvalue weighted by molar-refractivity contribution is 5.75. The molecule has 1 N–H and O–H groups in total. The lowest BCUT2D eigenvalue weighted by Crippen LogP contribution is -2.26. The van der Waals surface area contributed by atoms with Crippen LogP contribution in [0.2, 0.25) is 0 Å². The SMILES string of the molecule is C=CCCC(=O)N(O)CC=C. The van der Waals surface area contributed by atoms with E-state index in [1.807, 2.05) is 0 Å². The van der Waals surface area contributed by atoms with Gasteiger partial charge in [0, 0.05) is 6.42 Å². The first-order valence-corrected chi connectivity index (χ1v) is 3.43. The van der Waals surface area contributed by atoms with E-state index in [1.165, 1.54) is 6.08 Å². The minimum atomic E-state index is -0.301. The van der Waals surface area contributed by atoms with Crippen LogP contribution in [0.3, 0.4) is 0 Å². The summed E-state index contributed by atoms with van der Waals surface area (Å²) in [4.78, 5) is 10.9. The Bertz CT molecular complexity index is 154. The van der Waals surface area contributed by atoms with Crippen LogP contribution in [-0.2, 0) is 4.79 Å². The Morgan fingerprint density at radius 2 is 2.09 bits per heavy atom. The second kappa shape index (κ2) is 5.68. The highest BCUT2D eigenvalue weighted by Crippen LogP contribution is 1.95. The zero-order valence-electron chi connectivity index (χ0n) is 6.49. The topological polar surface area (TPSA) is 40.5 Å². The summed E-state index contributed by atoms with van der Waals surface area (Å²) in [5.41, 5.74) is 0. The van der Waals surface area contributed by atoms with E-state index in [0.717, 1.165) is 0 Å². The molecular weight excluding hydrogens is 142 g/mol. The third kappa shape index (κ3) is 4.33. The molecule has 0 aromatic carbocycles. The maximum Gasteiger partial charge on any atom is 0.246 e. The Labute approximate surface area is 66.6 Å². The molecular formula is C8H13NO2. The molecule has 0 aliphatic rings. The number of carbonyl (C=O) groups is 1. The Morgan fingerprint density at radius 1 is 1.45 bits per heavy atom. The molecule has 11 heavy (non-hydrogen) atoms. The summed E-state index contributed by atoms with van der Waals surface area (Å²) in [5, 5.41) is 9.57. The van der Waals surface area contributed by atoms with Crippen molar-refractivity contribution in [1.82, 2.24) is 5.06 Å². The number of hydroxylamine groups is 2. The molecule has 1 amide bonds. The number of allylic oxidation sites excluding steroid dienone is 1. The first-order valence-electron chi connectivity index (χ1n) is 3.43. The van der Waals surface area contributed by atoms with Crippen molar-refractivity contribution in [3.8, 4) is 0 Å². The minimum Gasteiger partial charge on any atom is -0.286 e. The van der Waals surface area contributed by atoms with E-state index in [4.69, 9.17) is 5.21 Å². The predicted octanol–water partition coefficient (Wildman–Crippen LogP) is 1.36. The standard InChI is InChI=1S/C8H13NO2/c1-3-5-6-8(10)9(11)7-4-2/h3-4,11H,1-2,5-7H2. The molecule has 0 fully saturated rings. The summed E-state index contributed by atoms with van der Waals surface area (Å²) in [5.74, 6) is -0.301. The number of amides is 1. The van der Waals surface area contributed by atoms with Crippen LogP contribution in [0, 0.1) is 0 Å². The van der Waals surface area contributed by atoms with Gasteiger partial charge < -0.3 is 0 Å². The second-order valence-electron chi connectivity index (χ2n) is 2.09. The van der Waals surface area contributed by atoms with Crippen LogP contribution in [0.15, 0.2) is 25.3 Å². The molecule has 0 saturated heterocycles. The molecule has 0 aliphatic carbocycles. The summed E-state index contributed by atoms with van der Waals surface area (Å²) in [6, 6.07) is 0. The van der Waals surface area contributed by atoms with Crippen LogP contribution in [0.25, 0.3) is 0 Å². The van der Waals surface area contributed by atoms with Gasteiger partial charge in [-0.2, -0.15) is 0 Å². The van der Waals surface area contributed by atoms with E-state index in [9.17, 15) is 4.79 Å². The molecule has 0 heterocycles. The molecule has 0 bridgehead atoms. The smallest absolute Gasteiger partial charge is 0.246 e. The molecule has 3 nitrogen and oxygen atoms in total. The molecule has 0 rings (SSSR count). The van der Waals surface area contributed by atoms with Crippen LogP contribution >= 0.6 is 0 Å². The van der Waals surface area contributed by atoms with E-state index in [1.54, 1.807) is 6.08 Å². The van der Waals surface area contributed by atoms with Crippen molar-refractivity contribution in [2.75, 3.05) is 6.54 Å². The van der Waals surface area contributed by atoms with E-state index in [0.29, 0.717) is 17.9 Å². The van der Waals surface area contributed by atoms with Gasteiger partial charge in [-0.05, 0) is 6.42 Å². The van der Waals surface area contributed by atoms with E-state index >= 15 is 0 Å². The molecule has 0 aliphatic heterocycles. The van der Waals surface area contributed by atoms with Gasteiger partial charge in [0.1, 0.15) is 0 Å². The van der Waals surface area contributed by atoms with Gasteiger partial charge in [0.05, 0.1) is 6.54 Å². The fourth-order valence-corrected chi connectivity index (χ4v) is 0.579. The Balaban J connectivity index is 3.62. The van der Waals surface area contributed by atoms with E-state index < -0.39 is 0 Å². The maximum absolute atomic E-state index is 10.9. The summed E-state index contributed by atoms with van der Waals surface area (Å²) < 4.78 is 0. The van der Waals surface area contributed by atoms with E-state index in [-0.39, 0.29) is 12.5 Å². The van der Waals surface area contributed by atoms with Crippen LogP contribution in [0.5, 0.6) is 0 Å². The van der Waals surface area contributed by atoms with Crippen LogP contribution < -0.4 is 0 Å². The molecule has 62 valence electrons. The van der Waals surface area contributed by atoms with Crippen LogP contribution in [0.1, 0.15) is 12.8 Å². The first kappa shape index (κ1) is 9.91. The molecule has 3 heteroatoms. The normalized spacial score (nSPS) is 8.82. The lowest BCUT2D eigenvalue weighted by atomic mass is 10.3. The third-order valence-electron chi connectivity index (χ3n) is 1.15. The second-order valence-corrected chi connectivity index (χ2v) is 2.09. The van der Waals surface area contributed by atoms with Gasteiger partial charge in [-0.3, -0.25) is 10.0 Å². The number of carbonyl (C=O) groups excluding carboxylic acids is 1. The van der Waals surface area contributed by atoms with Crippen molar-refractivity contribution in [2.24, 2.45) is 0 Å². The first-order chi connectivity index (χ1) is 5.22. The zero-order valence-corrected chi connectivity index (χ0v) is 6.49. The average Bonchev–Trinajstić information content (AvgIpc) is 2.00. The van der Waals surface area contributed by atoms with Gasteiger partial charge in [-0.25, -0.2) is 5.06 Å². The van der Waals surface area contributed by atoms with Crippen molar-refractivity contribution in [2.45, 2.75) is 12.8 Å². The fraction of sp³-hybridized carbons (Fsp3) is 0.375. The van der Waals surface area contributed by atoms with Gasteiger partial charge in [-0.15, -0.1) is 13.2 Å². The van der Waals surface area contributed by atoms with Crippen molar-refractivity contribution in [3.05, 3.63) is 25.3 Å². The van der Waals surface area contributed by atoms with Gasteiger partial charge in [0.2, 0.25) is 5.91 Å². The molecule has 0 unspecified atom stereocenters. The van der Waals surface area contributed by atoms with Gasteiger partial charge in [-0.1, -0.05) is 12.2 Å². The van der Waals surface area contributed by atoms with Crippen LogP contribution in [0.4, 0.5) is 0 Å². The molecule has 0 saturated carbocycles. The summed E-state index contributed by atoms with van der Waals surface area (Å²) >= 11 is 0. The lowest BCUT2D eigenvalue weighted by Gasteiger charge is -2.10. The third-order valence-corrected chi connectivity index (χ3v) is 1.15. The number of nitrogens with zero attached hydrogens (tertiary/aromatic N) is 1. The highest BCUT2D eigenvalue weighted by atomic mass is 16.5.